The van der Waals surface area contributed by atoms with Crippen LogP contribution in [-0.2, 0) is 27.2 Å². The summed E-state index contributed by atoms with van der Waals surface area (Å²) in [7, 11) is 4.73. The van der Waals surface area contributed by atoms with Gasteiger partial charge in [0.05, 0.1) is 5.56 Å². The Hall–Kier alpha value is -3.55. The number of urea groups is 1. The van der Waals surface area contributed by atoms with Crippen LogP contribution >= 0.6 is 0 Å². The van der Waals surface area contributed by atoms with E-state index in [0.29, 0.717) is 36.0 Å². The standard InChI is InChI=1S/C22H26N6O4/c1-14(29)27(2)13-17-10-16-6-5-9-28(20(16)26-19(17)21(31-3)32-4)22(30)25-18-8-7-15(11-23)12-24-18/h7-8,10,12,21H,5-6,9,13H2,1-4H3,(H,24,25,30). The zero-order chi connectivity index (χ0) is 23.3. The number of fused-ring (bicyclic) bond motifs is 1. The third kappa shape index (κ3) is 5.01. The van der Waals surface area contributed by atoms with E-state index in [1.807, 2.05) is 12.1 Å². The minimum atomic E-state index is -0.748. The molecule has 10 nitrogen and oxygen atoms in total. The topological polar surface area (TPSA) is 121 Å². The van der Waals surface area contributed by atoms with Crippen molar-refractivity contribution in [2.45, 2.75) is 32.6 Å². The number of nitriles is 1. The molecular formula is C22H26N6O4. The summed E-state index contributed by atoms with van der Waals surface area (Å²) in [6, 6.07) is 6.74. The average Bonchev–Trinajstić information content (AvgIpc) is 2.80. The summed E-state index contributed by atoms with van der Waals surface area (Å²) in [6.07, 6.45) is 2.17. The van der Waals surface area contributed by atoms with Crippen molar-refractivity contribution < 1.29 is 19.1 Å². The van der Waals surface area contributed by atoms with Gasteiger partial charge in [-0.05, 0) is 42.2 Å². The quantitative estimate of drug-likeness (QED) is 0.688. The Kier molecular flexibility index (Phi) is 7.35. The Bertz CT molecular complexity index is 1030. The van der Waals surface area contributed by atoms with Gasteiger partial charge >= 0.3 is 6.03 Å². The van der Waals surface area contributed by atoms with Crippen molar-refractivity contribution in [1.82, 2.24) is 14.9 Å². The number of carbonyl (C=O) groups excluding carboxylic acids is 2. The van der Waals surface area contributed by atoms with Gasteiger partial charge in [0, 0.05) is 47.5 Å². The minimum absolute atomic E-state index is 0.0732. The van der Waals surface area contributed by atoms with Gasteiger partial charge in [-0.3, -0.25) is 15.0 Å². The van der Waals surface area contributed by atoms with E-state index in [2.05, 4.69) is 10.3 Å². The van der Waals surface area contributed by atoms with Gasteiger partial charge in [0.25, 0.3) is 0 Å². The molecule has 2 aromatic rings. The van der Waals surface area contributed by atoms with Crippen molar-refractivity contribution in [1.29, 1.82) is 5.26 Å². The van der Waals surface area contributed by atoms with E-state index in [0.717, 1.165) is 24.0 Å². The average molecular weight is 438 g/mol. The van der Waals surface area contributed by atoms with Crippen LogP contribution in [0.15, 0.2) is 24.4 Å². The molecule has 3 rings (SSSR count). The van der Waals surface area contributed by atoms with Gasteiger partial charge in [0.1, 0.15) is 23.4 Å². The molecule has 0 saturated heterocycles. The van der Waals surface area contributed by atoms with Crippen LogP contribution < -0.4 is 10.2 Å². The summed E-state index contributed by atoms with van der Waals surface area (Å²) in [6.45, 7) is 2.33. The maximum atomic E-state index is 13.0. The van der Waals surface area contributed by atoms with Gasteiger partial charge in [0.15, 0.2) is 0 Å². The van der Waals surface area contributed by atoms with E-state index in [1.165, 1.54) is 27.3 Å². The molecular weight excluding hydrogens is 412 g/mol. The van der Waals surface area contributed by atoms with Gasteiger partial charge in [0.2, 0.25) is 12.2 Å². The summed E-state index contributed by atoms with van der Waals surface area (Å²) in [5, 5.41) is 11.7. The highest BCUT2D eigenvalue weighted by atomic mass is 16.7. The number of hydrogen-bond acceptors (Lipinski definition) is 7. The summed E-state index contributed by atoms with van der Waals surface area (Å²) in [5.41, 5.74) is 2.62. The first-order valence-corrected chi connectivity index (χ1v) is 10.1. The van der Waals surface area contributed by atoms with Gasteiger partial charge in [-0.2, -0.15) is 5.26 Å². The number of ether oxygens (including phenoxy) is 2. The first-order chi connectivity index (χ1) is 15.4. The largest absolute Gasteiger partial charge is 0.350 e. The van der Waals surface area contributed by atoms with Gasteiger partial charge < -0.3 is 14.4 Å². The fourth-order valence-electron chi connectivity index (χ4n) is 3.48. The lowest BCUT2D eigenvalue weighted by atomic mass is 10.0. The third-order valence-electron chi connectivity index (χ3n) is 5.24. The summed E-state index contributed by atoms with van der Waals surface area (Å²) in [5.74, 6) is 0.786. The summed E-state index contributed by atoms with van der Waals surface area (Å²) >= 11 is 0. The second-order valence-electron chi connectivity index (χ2n) is 7.42. The number of anilines is 2. The first kappa shape index (κ1) is 23.1. The van der Waals surface area contributed by atoms with Crippen LogP contribution in [0.2, 0.25) is 0 Å². The van der Waals surface area contributed by atoms with Crippen LogP contribution in [0.25, 0.3) is 0 Å². The van der Waals surface area contributed by atoms with Crippen LogP contribution in [0.1, 0.15) is 42.0 Å². The molecule has 0 fully saturated rings. The number of amides is 3. The lowest BCUT2D eigenvalue weighted by Crippen LogP contribution is -2.40. The van der Waals surface area contributed by atoms with E-state index >= 15 is 0 Å². The molecule has 0 saturated carbocycles. The fourth-order valence-corrected chi connectivity index (χ4v) is 3.48. The molecule has 1 aliphatic rings. The molecule has 10 heteroatoms. The Morgan fingerprint density at radius 2 is 2.09 bits per heavy atom. The van der Waals surface area contributed by atoms with E-state index < -0.39 is 6.29 Å². The van der Waals surface area contributed by atoms with E-state index in [9.17, 15) is 9.59 Å². The van der Waals surface area contributed by atoms with Crippen LogP contribution in [0, 0.1) is 11.3 Å². The smallest absolute Gasteiger partial charge is 0.328 e. The summed E-state index contributed by atoms with van der Waals surface area (Å²) < 4.78 is 10.9. The number of aromatic nitrogens is 2. The van der Waals surface area contributed by atoms with Gasteiger partial charge in [-0.1, -0.05) is 0 Å². The van der Waals surface area contributed by atoms with E-state index in [-0.39, 0.29) is 11.9 Å². The zero-order valence-corrected chi connectivity index (χ0v) is 18.6. The van der Waals surface area contributed by atoms with Crippen LogP contribution in [0.3, 0.4) is 0 Å². The van der Waals surface area contributed by atoms with Crippen molar-refractivity contribution >= 4 is 23.6 Å². The number of aryl methyl sites for hydroxylation is 1. The van der Waals surface area contributed by atoms with Crippen molar-refractivity contribution in [2.75, 3.05) is 38.0 Å². The van der Waals surface area contributed by atoms with Gasteiger partial charge in [-0.25, -0.2) is 14.8 Å². The van der Waals surface area contributed by atoms with E-state index in [1.54, 1.807) is 29.0 Å². The number of rotatable bonds is 6. The molecule has 0 bridgehead atoms. The van der Waals surface area contributed by atoms with Crippen molar-refractivity contribution in [3.63, 3.8) is 0 Å². The zero-order valence-electron chi connectivity index (χ0n) is 18.6. The number of nitrogens with zero attached hydrogens (tertiary/aromatic N) is 5. The van der Waals surface area contributed by atoms with Crippen molar-refractivity contribution in [3.05, 3.63) is 46.8 Å². The highest BCUT2D eigenvalue weighted by Gasteiger charge is 2.28. The highest BCUT2D eigenvalue weighted by molar-refractivity contribution is 6.01. The predicted molar refractivity (Wildman–Crippen MR) is 117 cm³/mol. The SMILES string of the molecule is COC(OC)c1nc2c(cc1CN(C)C(C)=O)CCCN2C(=O)Nc1ccc(C#N)cn1. The number of carbonyl (C=O) groups is 2. The normalized spacial score (nSPS) is 12.8. The van der Waals surface area contributed by atoms with Crippen molar-refractivity contribution in [2.24, 2.45) is 0 Å². The van der Waals surface area contributed by atoms with E-state index in [4.69, 9.17) is 19.7 Å². The maximum Gasteiger partial charge on any atom is 0.328 e. The molecule has 3 heterocycles. The lowest BCUT2D eigenvalue weighted by Gasteiger charge is -2.31. The minimum Gasteiger partial charge on any atom is -0.350 e. The fraction of sp³-hybridized carbons (Fsp3) is 0.409. The second kappa shape index (κ2) is 10.2. The Morgan fingerprint density at radius 1 is 1.34 bits per heavy atom. The highest BCUT2D eigenvalue weighted by Crippen LogP contribution is 2.32. The second-order valence-corrected chi connectivity index (χ2v) is 7.42. The number of pyridine rings is 2. The molecule has 0 unspecified atom stereocenters. The molecule has 3 amide bonds. The molecule has 32 heavy (non-hydrogen) atoms. The Labute approximate surface area is 186 Å². The molecule has 168 valence electrons. The van der Waals surface area contributed by atoms with Crippen molar-refractivity contribution in [3.8, 4) is 6.07 Å². The summed E-state index contributed by atoms with van der Waals surface area (Å²) in [4.78, 5) is 36.8. The molecule has 0 spiro atoms. The predicted octanol–water partition coefficient (Wildman–Crippen LogP) is 2.60. The number of methoxy groups -OCH3 is 2. The number of hydrogen-bond donors (Lipinski definition) is 1. The van der Waals surface area contributed by atoms with Crippen LogP contribution in [-0.4, -0.2) is 54.6 Å². The maximum absolute atomic E-state index is 13.0. The third-order valence-corrected chi connectivity index (χ3v) is 5.24. The van der Waals surface area contributed by atoms with Crippen LogP contribution in [0.4, 0.5) is 16.4 Å². The molecule has 0 aliphatic carbocycles. The molecule has 1 N–H and O–H groups in total. The molecule has 0 aromatic carbocycles. The Balaban J connectivity index is 1.95. The Morgan fingerprint density at radius 3 is 2.69 bits per heavy atom. The number of nitrogens with one attached hydrogen (secondary N) is 1. The lowest BCUT2D eigenvalue weighted by molar-refractivity contribution is -0.128. The first-order valence-electron chi connectivity index (χ1n) is 10.1. The van der Waals surface area contributed by atoms with Crippen LogP contribution in [0.5, 0.6) is 0 Å². The monoisotopic (exact) mass is 438 g/mol. The molecule has 0 radical (unpaired) electrons. The molecule has 0 atom stereocenters. The molecule has 2 aromatic heterocycles. The molecule has 1 aliphatic heterocycles. The van der Waals surface area contributed by atoms with Gasteiger partial charge in [-0.15, -0.1) is 0 Å².